The molecule has 0 aliphatic heterocycles. The largest absolute Gasteiger partial charge is 0.477 e. The highest BCUT2D eigenvalue weighted by molar-refractivity contribution is 7.81. The van der Waals surface area contributed by atoms with Crippen molar-refractivity contribution in [2.75, 3.05) is 4.31 Å². The Kier molecular flexibility index (Phi) is 4.88. The van der Waals surface area contributed by atoms with Crippen LogP contribution in [0.15, 0.2) is 54.7 Å². The molecule has 1 aromatic carbocycles. The average molecular weight is 378 g/mol. The summed E-state index contributed by atoms with van der Waals surface area (Å²) in [6, 6.07) is 11.8. The molecule has 2 heterocycles. The molecule has 25 heavy (non-hydrogen) atoms. The number of aromatic nitrogens is 1. The van der Waals surface area contributed by atoms with Crippen LogP contribution in [0, 0.1) is 5.82 Å². The number of carboxylic acid groups (broad SMARTS) is 1. The molecule has 128 valence electrons. The number of thiophene rings is 1. The number of carboxylic acids is 1. The standard InChI is InChI=1S/C16H11FN2O4S2/c17-11-6-4-10(5-7-11)13-9-12(15(24-13)16(20)21)19(25(22)23)14-3-1-2-8-18-14/h1-9H,(H,20,21)(H,22,23). The average Bonchev–Trinajstić information content (AvgIpc) is 3.01. The fraction of sp³-hybridized carbons (Fsp3) is 0. The van der Waals surface area contributed by atoms with E-state index in [-0.39, 0.29) is 16.4 Å². The minimum absolute atomic E-state index is 0.0383. The van der Waals surface area contributed by atoms with Gasteiger partial charge in [-0.3, -0.25) is 4.55 Å². The molecule has 9 heteroatoms. The van der Waals surface area contributed by atoms with Gasteiger partial charge in [0.25, 0.3) is 11.3 Å². The Bertz CT molecular complexity index is 929. The highest BCUT2D eigenvalue weighted by atomic mass is 32.2. The summed E-state index contributed by atoms with van der Waals surface area (Å²) in [5.41, 5.74) is 0.640. The van der Waals surface area contributed by atoms with Gasteiger partial charge in [0.1, 0.15) is 16.5 Å². The van der Waals surface area contributed by atoms with Gasteiger partial charge < -0.3 is 5.11 Å². The molecule has 2 N–H and O–H groups in total. The number of carbonyl (C=O) groups is 1. The van der Waals surface area contributed by atoms with Gasteiger partial charge in [-0.05, 0) is 35.9 Å². The summed E-state index contributed by atoms with van der Waals surface area (Å²) >= 11 is -1.59. The third-order valence-electron chi connectivity index (χ3n) is 3.27. The summed E-state index contributed by atoms with van der Waals surface area (Å²) in [5.74, 6) is -1.51. The molecule has 2 aromatic heterocycles. The summed E-state index contributed by atoms with van der Waals surface area (Å²) < 4.78 is 35.5. The van der Waals surface area contributed by atoms with Crippen molar-refractivity contribution in [3.05, 3.63) is 65.4 Å². The third-order valence-corrected chi connectivity index (χ3v) is 5.13. The summed E-state index contributed by atoms with van der Waals surface area (Å²) in [7, 11) is 0. The number of nitrogens with zero attached hydrogens (tertiary/aromatic N) is 2. The Balaban J connectivity index is 2.15. The first kappa shape index (κ1) is 17.2. The van der Waals surface area contributed by atoms with Crippen LogP contribution in [0.4, 0.5) is 15.9 Å². The molecule has 0 amide bonds. The quantitative estimate of drug-likeness (QED) is 0.657. The molecule has 1 atom stereocenters. The first-order chi connectivity index (χ1) is 12.0. The fourth-order valence-electron chi connectivity index (χ4n) is 2.20. The van der Waals surface area contributed by atoms with E-state index in [1.165, 1.54) is 42.6 Å². The van der Waals surface area contributed by atoms with Gasteiger partial charge in [0.15, 0.2) is 0 Å². The number of hydrogen-bond acceptors (Lipinski definition) is 4. The van der Waals surface area contributed by atoms with E-state index in [0.29, 0.717) is 10.4 Å². The number of pyridine rings is 1. The zero-order valence-corrected chi connectivity index (χ0v) is 14.1. The summed E-state index contributed by atoms with van der Waals surface area (Å²) in [5, 5.41) is 9.47. The maximum absolute atomic E-state index is 13.1. The minimum Gasteiger partial charge on any atom is -0.477 e. The van der Waals surface area contributed by atoms with E-state index in [1.54, 1.807) is 12.1 Å². The van der Waals surface area contributed by atoms with E-state index in [0.717, 1.165) is 15.6 Å². The van der Waals surface area contributed by atoms with Crippen LogP contribution in [0.1, 0.15) is 9.67 Å². The van der Waals surface area contributed by atoms with Crippen molar-refractivity contribution in [2.24, 2.45) is 0 Å². The summed E-state index contributed by atoms with van der Waals surface area (Å²) in [6.45, 7) is 0. The summed E-state index contributed by atoms with van der Waals surface area (Å²) in [6.07, 6.45) is 1.43. The maximum atomic E-state index is 13.1. The van der Waals surface area contributed by atoms with Crippen molar-refractivity contribution in [1.82, 2.24) is 4.98 Å². The van der Waals surface area contributed by atoms with E-state index in [2.05, 4.69) is 4.98 Å². The molecule has 0 bridgehead atoms. The molecular weight excluding hydrogens is 367 g/mol. The Morgan fingerprint density at radius 1 is 1.20 bits per heavy atom. The van der Waals surface area contributed by atoms with E-state index in [4.69, 9.17) is 0 Å². The first-order valence-electron chi connectivity index (χ1n) is 6.92. The van der Waals surface area contributed by atoms with Crippen LogP contribution >= 0.6 is 11.3 Å². The molecule has 0 spiro atoms. The molecular formula is C16H11FN2O4S2. The molecule has 0 aliphatic carbocycles. The summed E-state index contributed by atoms with van der Waals surface area (Å²) in [4.78, 5) is 16.0. The van der Waals surface area contributed by atoms with Crippen molar-refractivity contribution in [2.45, 2.75) is 0 Å². The Morgan fingerprint density at radius 3 is 2.48 bits per heavy atom. The van der Waals surface area contributed by atoms with Gasteiger partial charge in [0.05, 0.1) is 5.69 Å². The zero-order valence-electron chi connectivity index (χ0n) is 12.5. The maximum Gasteiger partial charge on any atom is 0.348 e. The van der Waals surface area contributed by atoms with E-state index >= 15 is 0 Å². The van der Waals surface area contributed by atoms with Gasteiger partial charge in [0.2, 0.25) is 0 Å². The number of aromatic carboxylic acids is 1. The number of benzene rings is 1. The van der Waals surface area contributed by atoms with Gasteiger partial charge in [-0.15, -0.1) is 11.3 Å². The zero-order chi connectivity index (χ0) is 18.0. The van der Waals surface area contributed by atoms with Gasteiger partial charge >= 0.3 is 5.97 Å². The van der Waals surface area contributed by atoms with Crippen LogP contribution in [-0.2, 0) is 11.3 Å². The number of anilines is 2. The fourth-order valence-corrected chi connectivity index (χ4v) is 3.83. The van der Waals surface area contributed by atoms with Crippen molar-refractivity contribution in [1.29, 1.82) is 0 Å². The second-order valence-electron chi connectivity index (χ2n) is 4.85. The second-order valence-corrected chi connectivity index (χ2v) is 6.73. The predicted octanol–water partition coefficient (Wildman–Crippen LogP) is 3.92. The van der Waals surface area contributed by atoms with Crippen LogP contribution in [-0.4, -0.2) is 24.8 Å². The van der Waals surface area contributed by atoms with Gasteiger partial charge in [-0.25, -0.2) is 22.7 Å². The van der Waals surface area contributed by atoms with Crippen LogP contribution < -0.4 is 4.31 Å². The number of rotatable bonds is 5. The number of halogens is 1. The molecule has 6 nitrogen and oxygen atoms in total. The van der Waals surface area contributed by atoms with Gasteiger partial charge in [-0.1, -0.05) is 18.2 Å². The minimum atomic E-state index is -2.52. The smallest absolute Gasteiger partial charge is 0.348 e. The van der Waals surface area contributed by atoms with Crippen LogP contribution in [0.3, 0.4) is 0 Å². The third kappa shape index (κ3) is 3.58. The molecule has 0 saturated heterocycles. The van der Waals surface area contributed by atoms with Gasteiger partial charge in [-0.2, -0.15) is 0 Å². The molecule has 3 rings (SSSR count). The molecule has 0 saturated carbocycles. The van der Waals surface area contributed by atoms with Crippen molar-refractivity contribution in [3.63, 3.8) is 0 Å². The lowest BCUT2D eigenvalue weighted by atomic mass is 10.2. The van der Waals surface area contributed by atoms with Crippen LogP contribution in [0.25, 0.3) is 10.4 Å². The Morgan fingerprint density at radius 2 is 1.92 bits per heavy atom. The highest BCUT2D eigenvalue weighted by Gasteiger charge is 2.26. The van der Waals surface area contributed by atoms with Crippen molar-refractivity contribution >= 4 is 40.1 Å². The van der Waals surface area contributed by atoms with Crippen molar-refractivity contribution in [3.8, 4) is 10.4 Å². The van der Waals surface area contributed by atoms with Crippen molar-refractivity contribution < 1.29 is 23.1 Å². The van der Waals surface area contributed by atoms with Crippen LogP contribution in [0.5, 0.6) is 0 Å². The van der Waals surface area contributed by atoms with Crippen LogP contribution in [0.2, 0.25) is 0 Å². The topological polar surface area (TPSA) is 90.7 Å². The highest BCUT2D eigenvalue weighted by Crippen LogP contribution is 2.39. The lowest BCUT2D eigenvalue weighted by Gasteiger charge is -2.18. The molecule has 0 fully saturated rings. The lowest BCUT2D eigenvalue weighted by molar-refractivity contribution is 0.0703. The molecule has 0 radical (unpaired) electrons. The first-order valence-corrected chi connectivity index (χ1v) is 8.80. The van der Waals surface area contributed by atoms with Gasteiger partial charge in [0, 0.05) is 11.1 Å². The Hall–Kier alpha value is -2.62. The predicted molar refractivity (Wildman–Crippen MR) is 93.8 cm³/mol. The Labute approximate surface area is 148 Å². The van der Waals surface area contributed by atoms with E-state index < -0.39 is 23.1 Å². The van der Waals surface area contributed by atoms with E-state index in [9.17, 15) is 23.1 Å². The normalized spacial score (nSPS) is 11.9. The molecule has 0 aliphatic rings. The lowest BCUT2D eigenvalue weighted by Crippen LogP contribution is -2.21. The van der Waals surface area contributed by atoms with E-state index in [1.807, 2.05) is 0 Å². The second kappa shape index (κ2) is 7.09. The molecule has 3 aromatic rings. The number of hydrogen-bond donors (Lipinski definition) is 2. The SMILES string of the molecule is O=C(O)c1sc(-c2ccc(F)cc2)cc1N(c1ccccn1)S(=O)O. The molecule has 1 unspecified atom stereocenters. The monoisotopic (exact) mass is 378 g/mol.